The Labute approximate surface area is 87.4 Å². The summed E-state index contributed by atoms with van der Waals surface area (Å²) in [6.45, 7) is 0. The van der Waals surface area contributed by atoms with Gasteiger partial charge in [0.2, 0.25) is 0 Å². The predicted molar refractivity (Wildman–Crippen MR) is 55.2 cm³/mol. The molecule has 1 heterocycles. The van der Waals surface area contributed by atoms with Crippen LogP contribution in [0, 0.1) is 5.21 Å². The summed E-state index contributed by atoms with van der Waals surface area (Å²) in [4.78, 5) is 4.02. The van der Waals surface area contributed by atoms with Crippen molar-refractivity contribution in [2.45, 2.75) is 0 Å². The van der Waals surface area contributed by atoms with Crippen molar-refractivity contribution in [3.63, 3.8) is 0 Å². The van der Waals surface area contributed by atoms with Gasteiger partial charge in [0, 0.05) is 6.07 Å². The van der Waals surface area contributed by atoms with Gasteiger partial charge < -0.3 is 9.94 Å². The van der Waals surface area contributed by atoms with E-state index in [0.717, 1.165) is 10.3 Å². The van der Waals surface area contributed by atoms with Gasteiger partial charge in [-0.1, -0.05) is 6.07 Å². The van der Waals surface area contributed by atoms with E-state index < -0.39 is 0 Å². The summed E-state index contributed by atoms with van der Waals surface area (Å²) in [5.41, 5.74) is 0.741. The highest BCUT2D eigenvalue weighted by Gasteiger charge is 2.09. The van der Waals surface area contributed by atoms with Crippen LogP contribution >= 0.6 is 0 Å². The SMILES string of the molecule is COc1cccc(-c2nccc[n+]2[O-])c1. The zero-order valence-corrected chi connectivity index (χ0v) is 8.25. The van der Waals surface area contributed by atoms with Crippen molar-refractivity contribution in [3.05, 3.63) is 47.9 Å². The van der Waals surface area contributed by atoms with E-state index in [4.69, 9.17) is 4.74 Å². The van der Waals surface area contributed by atoms with Crippen LogP contribution in [-0.4, -0.2) is 12.1 Å². The summed E-state index contributed by atoms with van der Waals surface area (Å²) < 4.78 is 5.81. The Morgan fingerprint density at radius 1 is 1.33 bits per heavy atom. The number of ether oxygens (including phenoxy) is 1. The summed E-state index contributed by atoms with van der Waals surface area (Å²) in [7, 11) is 1.59. The van der Waals surface area contributed by atoms with Crippen LogP contribution in [-0.2, 0) is 0 Å². The predicted octanol–water partition coefficient (Wildman–Crippen LogP) is 1.39. The first-order valence-corrected chi connectivity index (χ1v) is 4.50. The fraction of sp³-hybridized carbons (Fsp3) is 0.0909. The Morgan fingerprint density at radius 3 is 2.93 bits per heavy atom. The van der Waals surface area contributed by atoms with Crippen LogP contribution in [0.25, 0.3) is 11.4 Å². The van der Waals surface area contributed by atoms with Crippen molar-refractivity contribution in [1.82, 2.24) is 4.98 Å². The van der Waals surface area contributed by atoms with Gasteiger partial charge in [-0.3, -0.25) is 0 Å². The average Bonchev–Trinajstić information content (AvgIpc) is 2.30. The summed E-state index contributed by atoms with van der Waals surface area (Å²) >= 11 is 0. The monoisotopic (exact) mass is 202 g/mol. The van der Waals surface area contributed by atoms with E-state index in [0.29, 0.717) is 11.6 Å². The van der Waals surface area contributed by atoms with Gasteiger partial charge in [-0.2, -0.15) is 0 Å². The molecule has 76 valence electrons. The van der Waals surface area contributed by atoms with E-state index in [1.165, 1.54) is 6.20 Å². The Kier molecular flexibility index (Phi) is 2.49. The van der Waals surface area contributed by atoms with Gasteiger partial charge in [0.05, 0.1) is 18.9 Å². The normalized spacial score (nSPS) is 9.93. The molecule has 0 atom stereocenters. The molecule has 0 amide bonds. The fourth-order valence-electron chi connectivity index (χ4n) is 1.32. The molecule has 0 aliphatic heterocycles. The third kappa shape index (κ3) is 1.88. The number of aromatic nitrogens is 2. The minimum Gasteiger partial charge on any atom is -0.710 e. The second-order valence-corrected chi connectivity index (χ2v) is 3.00. The molecule has 0 aliphatic rings. The number of nitrogens with zero attached hydrogens (tertiary/aromatic N) is 2. The Balaban J connectivity index is 2.49. The topological polar surface area (TPSA) is 49.1 Å². The highest BCUT2D eigenvalue weighted by atomic mass is 16.5. The molecule has 0 spiro atoms. The molecule has 15 heavy (non-hydrogen) atoms. The number of hydrogen-bond donors (Lipinski definition) is 0. The minimum atomic E-state index is 0.372. The van der Waals surface area contributed by atoms with Crippen molar-refractivity contribution in [2.75, 3.05) is 7.11 Å². The maximum atomic E-state index is 11.4. The number of rotatable bonds is 2. The van der Waals surface area contributed by atoms with Gasteiger partial charge in [0.25, 0.3) is 0 Å². The number of hydrogen-bond acceptors (Lipinski definition) is 3. The molecule has 0 saturated carbocycles. The van der Waals surface area contributed by atoms with Crippen molar-refractivity contribution in [1.29, 1.82) is 0 Å². The van der Waals surface area contributed by atoms with Crippen LogP contribution in [0.5, 0.6) is 5.75 Å². The third-order valence-electron chi connectivity index (χ3n) is 2.04. The van der Waals surface area contributed by atoms with E-state index >= 15 is 0 Å². The summed E-state index contributed by atoms with van der Waals surface area (Å²) in [5, 5.41) is 11.4. The standard InChI is InChI=1S/C11H10N2O2/c1-15-10-5-2-4-9(8-10)11-12-6-3-7-13(11)14/h2-8H,1H3. The molecule has 0 fully saturated rings. The molecule has 2 aromatic rings. The molecule has 1 aromatic carbocycles. The maximum absolute atomic E-state index is 11.4. The molecular weight excluding hydrogens is 192 g/mol. The van der Waals surface area contributed by atoms with E-state index in [1.807, 2.05) is 18.2 Å². The van der Waals surface area contributed by atoms with E-state index in [2.05, 4.69) is 4.98 Å². The molecule has 4 nitrogen and oxygen atoms in total. The quantitative estimate of drug-likeness (QED) is 0.546. The number of benzene rings is 1. The smallest absolute Gasteiger partial charge is 0.333 e. The van der Waals surface area contributed by atoms with Crippen LogP contribution < -0.4 is 9.47 Å². The first-order valence-electron chi connectivity index (χ1n) is 4.50. The molecule has 1 aromatic heterocycles. The van der Waals surface area contributed by atoms with Crippen molar-refractivity contribution >= 4 is 0 Å². The molecule has 0 radical (unpaired) electrons. The Hall–Kier alpha value is -2.10. The highest BCUT2D eigenvalue weighted by molar-refractivity contribution is 5.54. The van der Waals surface area contributed by atoms with Gasteiger partial charge in [-0.05, 0) is 23.2 Å². The first-order chi connectivity index (χ1) is 7.31. The average molecular weight is 202 g/mol. The molecule has 2 rings (SSSR count). The second-order valence-electron chi connectivity index (χ2n) is 3.00. The largest absolute Gasteiger partial charge is 0.710 e. The molecular formula is C11H10N2O2. The fourth-order valence-corrected chi connectivity index (χ4v) is 1.32. The van der Waals surface area contributed by atoms with Crippen molar-refractivity contribution in [3.8, 4) is 17.1 Å². The van der Waals surface area contributed by atoms with Gasteiger partial charge in [-0.15, -0.1) is 0 Å². The lowest BCUT2D eigenvalue weighted by Crippen LogP contribution is -2.29. The van der Waals surface area contributed by atoms with Gasteiger partial charge in [0.1, 0.15) is 11.9 Å². The molecule has 0 saturated heterocycles. The van der Waals surface area contributed by atoms with E-state index in [9.17, 15) is 5.21 Å². The second kappa shape index (κ2) is 3.96. The highest BCUT2D eigenvalue weighted by Crippen LogP contribution is 2.18. The lowest BCUT2D eigenvalue weighted by Gasteiger charge is -2.05. The lowest BCUT2D eigenvalue weighted by atomic mass is 10.2. The van der Waals surface area contributed by atoms with Gasteiger partial charge in [-0.25, -0.2) is 4.73 Å². The maximum Gasteiger partial charge on any atom is 0.333 e. The molecule has 0 unspecified atom stereocenters. The summed E-state index contributed by atoms with van der Waals surface area (Å²) in [6.07, 6.45) is 3.00. The molecule has 0 aliphatic carbocycles. The molecule has 0 N–H and O–H groups in total. The zero-order valence-electron chi connectivity index (χ0n) is 8.25. The summed E-state index contributed by atoms with van der Waals surface area (Å²) in [5.74, 6) is 1.08. The van der Waals surface area contributed by atoms with Gasteiger partial charge in [0.15, 0.2) is 0 Å². The first kappa shape index (κ1) is 9.45. The van der Waals surface area contributed by atoms with Crippen LogP contribution in [0.4, 0.5) is 0 Å². The Morgan fingerprint density at radius 2 is 2.20 bits per heavy atom. The molecule has 4 heteroatoms. The van der Waals surface area contributed by atoms with Crippen LogP contribution in [0.15, 0.2) is 42.7 Å². The minimum absolute atomic E-state index is 0.372. The van der Waals surface area contributed by atoms with Crippen molar-refractivity contribution in [2.24, 2.45) is 0 Å². The molecule has 0 bridgehead atoms. The van der Waals surface area contributed by atoms with E-state index in [1.54, 1.807) is 25.4 Å². The lowest BCUT2D eigenvalue weighted by molar-refractivity contribution is -0.596. The van der Waals surface area contributed by atoms with Crippen LogP contribution in [0.3, 0.4) is 0 Å². The van der Waals surface area contributed by atoms with Crippen LogP contribution in [0.1, 0.15) is 0 Å². The zero-order chi connectivity index (χ0) is 10.7. The summed E-state index contributed by atoms with van der Waals surface area (Å²) in [6, 6.07) is 8.83. The van der Waals surface area contributed by atoms with E-state index in [-0.39, 0.29) is 0 Å². The number of methoxy groups -OCH3 is 1. The van der Waals surface area contributed by atoms with Crippen LogP contribution in [0.2, 0.25) is 0 Å². The Bertz CT molecular complexity index is 472. The van der Waals surface area contributed by atoms with Crippen molar-refractivity contribution < 1.29 is 9.47 Å². The third-order valence-corrected chi connectivity index (χ3v) is 2.04. The van der Waals surface area contributed by atoms with Gasteiger partial charge >= 0.3 is 5.82 Å².